The van der Waals surface area contributed by atoms with Gasteiger partial charge in [0.2, 0.25) is 0 Å². The minimum absolute atomic E-state index is 0.0215. The normalized spacial score (nSPS) is 10.9. The number of hydrogen-bond acceptors (Lipinski definition) is 4. The van der Waals surface area contributed by atoms with Gasteiger partial charge in [-0.25, -0.2) is 0 Å². The number of carboxylic acid groups (broad SMARTS) is 1. The first kappa shape index (κ1) is 24.1. The average Bonchev–Trinajstić information content (AvgIpc) is 3.23. The Labute approximate surface area is 195 Å². The number of aromatic nitrogens is 1. The fraction of sp³-hybridized carbons (Fsp3) is 0.333. The molecule has 0 bridgehead atoms. The zero-order valence-corrected chi connectivity index (χ0v) is 19.3. The molecule has 3 rings (SSSR count). The first-order chi connectivity index (χ1) is 15.9. The van der Waals surface area contributed by atoms with Gasteiger partial charge in [0.15, 0.2) is 5.78 Å². The first-order valence-electron chi connectivity index (χ1n) is 11.4. The Morgan fingerprint density at radius 2 is 1.82 bits per heavy atom. The number of benzene rings is 2. The summed E-state index contributed by atoms with van der Waals surface area (Å²) in [6.45, 7) is 6.04. The predicted octanol–water partition coefficient (Wildman–Crippen LogP) is 5.59. The number of carboxylic acids is 1. The summed E-state index contributed by atoms with van der Waals surface area (Å²) >= 11 is 0. The first-order valence-corrected chi connectivity index (χ1v) is 11.4. The van der Waals surface area contributed by atoms with Crippen LogP contribution in [0.25, 0.3) is 0 Å². The molecule has 0 atom stereocenters. The molecule has 2 N–H and O–H groups in total. The smallest absolute Gasteiger partial charge is 0.303 e. The quantitative estimate of drug-likeness (QED) is 0.263. The van der Waals surface area contributed by atoms with Crippen molar-refractivity contribution in [1.29, 1.82) is 0 Å². The fourth-order valence-electron chi connectivity index (χ4n) is 3.66. The van der Waals surface area contributed by atoms with Crippen molar-refractivity contribution in [3.63, 3.8) is 0 Å². The van der Waals surface area contributed by atoms with Crippen LogP contribution in [0.3, 0.4) is 0 Å². The second-order valence-electron chi connectivity index (χ2n) is 8.37. The molecule has 0 saturated heterocycles. The van der Waals surface area contributed by atoms with Crippen LogP contribution in [0.5, 0.6) is 5.75 Å². The largest absolute Gasteiger partial charge is 0.494 e. The molecule has 0 amide bonds. The minimum atomic E-state index is -0.807. The van der Waals surface area contributed by atoms with E-state index in [1.165, 1.54) is 0 Å². The van der Waals surface area contributed by atoms with Gasteiger partial charge in [0.05, 0.1) is 6.61 Å². The highest BCUT2D eigenvalue weighted by Crippen LogP contribution is 2.25. The molecule has 33 heavy (non-hydrogen) atoms. The lowest BCUT2D eigenvalue weighted by molar-refractivity contribution is -0.137. The van der Waals surface area contributed by atoms with Crippen LogP contribution < -0.4 is 10.1 Å². The highest BCUT2D eigenvalue weighted by molar-refractivity contribution is 6.10. The lowest BCUT2D eigenvalue weighted by Gasteiger charge is -2.10. The zero-order chi connectivity index (χ0) is 23.6. The number of ether oxygens (including phenoxy) is 1. The topological polar surface area (TPSA) is 80.6 Å². The van der Waals surface area contributed by atoms with Gasteiger partial charge in [-0.05, 0) is 48.6 Å². The molecule has 6 nitrogen and oxygen atoms in total. The summed E-state index contributed by atoms with van der Waals surface area (Å²) in [5.74, 6) is 0.224. The fourth-order valence-corrected chi connectivity index (χ4v) is 3.66. The number of hydrogen-bond donors (Lipinski definition) is 2. The minimum Gasteiger partial charge on any atom is -0.494 e. The molecule has 2 aromatic carbocycles. The van der Waals surface area contributed by atoms with Gasteiger partial charge in [-0.15, -0.1) is 0 Å². The molecule has 3 aromatic rings. The third-order valence-corrected chi connectivity index (χ3v) is 5.37. The SMILES string of the molecule is CC(C)c1cn(CCCC(=O)O)cc1C(=O)c1cccc(NCCCOc2ccccc2)c1. The van der Waals surface area contributed by atoms with E-state index < -0.39 is 5.97 Å². The monoisotopic (exact) mass is 448 g/mol. The van der Waals surface area contributed by atoms with Crippen LogP contribution in [0.2, 0.25) is 0 Å². The molecular weight excluding hydrogens is 416 g/mol. The summed E-state index contributed by atoms with van der Waals surface area (Å²) in [4.78, 5) is 24.1. The lowest BCUT2D eigenvalue weighted by atomic mass is 9.96. The molecule has 174 valence electrons. The molecule has 0 saturated carbocycles. The zero-order valence-electron chi connectivity index (χ0n) is 19.3. The van der Waals surface area contributed by atoms with Crippen LogP contribution in [0.1, 0.15) is 60.5 Å². The molecule has 6 heteroatoms. The molecule has 0 aliphatic heterocycles. The van der Waals surface area contributed by atoms with Gasteiger partial charge >= 0.3 is 5.97 Å². The van der Waals surface area contributed by atoms with Crippen molar-refractivity contribution in [2.24, 2.45) is 0 Å². The summed E-state index contributed by atoms with van der Waals surface area (Å²) in [5.41, 5.74) is 3.18. The summed E-state index contributed by atoms with van der Waals surface area (Å²) < 4.78 is 7.64. The van der Waals surface area contributed by atoms with Crippen LogP contribution in [-0.4, -0.2) is 34.6 Å². The van der Waals surface area contributed by atoms with Crippen molar-refractivity contribution in [3.05, 3.63) is 83.7 Å². The van der Waals surface area contributed by atoms with E-state index in [4.69, 9.17) is 9.84 Å². The van der Waals surface area contributed by atoms with E-state index in [-0.39, 0.29) is 18.1 Å². The van der Waals surface area contributed by atoms with Crippen LogP contribution in [-0.2, 0) is 11.3 Å². The van der Waals surface area contributed by atoms with Crippen LogP contribution in [0.15, 0.2) is 67.0 Å². The maximum Gasteiger partial charge on any atom is 0.303 e. The molecule has 0 spiro atoms. The maximum absolute atomic E-state index is 13.3. The second-order valence-corrected chi connectivity index (χ2v) is 8.37. The number of nitrogens with one attached hydrogen (secondary N) is 1. The number of para-hydroxylation sites is 1. The van der Waals surface area contributed by atoms with Crippen molar-refractivity contribution < 1.29 is 19.4 Å². The van der Waals surface area contributed by atoms with Crippen molar-refractivity contribution >= 4 is 17.4 Å². The van der Waals surface area contributed by atoms with E-state index in [2.05, 4.69) is 19.2 Å². The Morgan fingerprint density at radius 3 is 2.55 bits per heavy atom. The number of ketones is 1. The highest BCUT2D eigenvalue weighted by Gasteiger charge is 2.19. The summed E-state index contributed by atoms with van der Waals surface area (Å²) in [7, 11) is 0. The lowest BCUT2D eigenvalue weighted by Crippen LogP contribution is -2.09. The summed E-state index contributed by atoms with van der Waals surface area (Å²) in [6, 6.07) is 17.3. The Balaban J connectivity index is 1.60. The van der Waals surface area contributed by atoms with E-state index in [0.29, 0.717) is 30.7 Å². The van der Waals surface area contributed by atoms with Gasteiger partial charge in [0, 0.05) is 48.7 Å². The molecule has 0 aliphatic carbocycles. The Kier molecular flexibility index (Phi) is 8.70. The van der Waals surface area contributed by atoms with Gasteiger partial charge in [0.1, 0.15) is 5.75 Å². The van der Waals surface area contributed by atoms with E-state index in [1.807, 2.05) is 71.6 Å². The molecule has 0 radical (unpaired) electrons. The average molecular weight is 449 g/mol. The third-order valence-electron chi connectivity index (χ3n) is 5.37. The number of rotatable bonds is 13. The second kappa shape index (κ2) is 11.9. The van der Waals surface area contributed by atoms with E-state index in [9.17, 15) is 9.59 Å². The van der Waals surface area contributed by atoms with Gasteiger partial charge < -0.3 is 19.7 Å². The van der Waals surface area contributed by atoms with Gasteiger partial charge in [-0.1, -0.05) is 44.2 Å². The predicted molar refractivity (Wildman–Crippen MR) is 130 cm³/mol. The van der Waals surface area contributed by atoms with Crippen molar-refractivity contribution in [1.82, 2.24) is 4.57 Å². The highest BCUT2D eigenvalue weighted by atomic mass is 16.5. The molecule has 1 heterocycles. The Hall–Kier alpha value is -3.54. The molecule has 0 unspecified atom stereocenters. The number of carbonyl (C=O) groups is 2. The summed E-state index contributed by atoms with van der Waals surface area (Å²) in [5, 5.41) is 12.2. The summed E-state index contributed by atoms with van der Waals surface area (Å²) in [6.07, 6.45) is 5.30. The molecule has 1 aromatic heterocycles. The standard InChI is InChI=1S/C27H32N2O4/c1-20(2)24-18-29(15-7-13-26(30)31)19-25(24)27(32)21-9-6-10-22(17-21)28-14-8-16-33-23-11-4-3-5-12-23/h3-6,9-12,17-20,28H,7-8,13-16H2,1-2H3,(H,30,31). The molecule has 0 fully saturated rings. The van der Waals surface area contributed by atoms with Gasteiger partial charge in [-0.3, -0.25) is 9.59 Å². The number of aliphatic carboxylic acids is 1. The number of carbonyl (C=O) groups excluding carboxylic acids is 1. The van der Waals surface area contributed by atoms with E-state index in [1.54, 1.807) is 0 Å². The van der Waals surface area contributed by atoms with Gasteiger partial charge in [-0.2, -0.15) is 0 Å². The van der Waals surface area contributed by atoms with E-state index in [0.717, 1.165) is 30.0 Å². The molecular formula is C27H32N2O4. The Bertz CT molecular complexity index is 1060. The van der Waals surface area contributed by atoms with Crippen molar-refractivity contribution in [2.45, 2.75) is 45.6 Å². The van der Waals surface area contributed by atoms with Crippen LogP contribution >= 0.6 is 0 Å². The number of anilines is 1. The Morgan fingerprint density at radius 1 is 1.03 bits per heavy atom. The number of aryl methyl sites for hydroxylation is 1. The van der Waals surface area contributed by atoms with Crippen LogP contribution in [0.4, 0.5) is 5.69 Å². The van der Waals surface area contributed by atoms with E-state index >= 15 is 0 Å². The van der Waals surface area contributed by atoms with Crippen molar-refractivity contribution in [3.8, 4) is 5.75 Å². The third kappa shape index (κ3) is 7.24. The van der Waals surface area contributed by atoms with Crippen LogP contribution in [0, 0.1) is 0 Å². The maximum atomic E-state index is 13.3. The molecule has 0 aliphatic rings. The van der Waals surface area contributed by atoms with Crippen molar-refractivity contribution in [2.75, 3.05) is 18.5 Å². The van der Waals surface area contributed by atoms with Gasteiger partial charge in [0.25, 0.3) is 0 Å². The number of nitrogens with zero attached hydrogens (tertiary/aromatic N) is 1.